The van der Waals surface area contributed by atoms with Gasteiger partial charge in [0, 0.05) is 18.3 Å². The molecule has 0 amide bonds. The monoisotopic (exact) mass is 284 g/mol. The fraction of sp³-hybridized carbons (Fsp3) is 0.636. The van der Waals surface area contributed by atoms with Crippen molar-refractivity contribution in [1.82, 2.24) is 15.0 Å². The molecule has 2 unspecified atom stereocenters. The lowest BCUT2D eigenvalue weighted by Crippen LogP contribution is -2.47. The number of aromatic nitrogens is 2. The van der Waals surface area contributed by atoms with E-state index in [0.717, 1.165) is 10.3 Å². The van der Waals surface area contributed by atoms with Crippen LogP contribution in [0, 0.1) is 0 Å². The number of hydrazine groups is 1. The Bertz CT molecular complexity index is 348. The Morgan fingerprint density at radius 3 is 2.69 bits per heavy atom. The van der Waals surface area contributed by atoms with E-state index in [-0.39, 0.29) is 0 Å². The third-order valence-electron chi connectivity index (χ3n) is 3.10. The van der Waals surface area contributed by atoms with Crippen LogP contribution in [0.3, 0.4) is 0 Å². The zero-order chi connectivity index (χ0) is 11.5. The molecule has 1 aromatic heterocycles. The van der Waals surface area contributed by atoms with E-state index in [0.29, 0.717) is 12.1 Å². The summed E-state index contributed by atoms with van der Waals surface area (Å²) in [4.78, 5) is 8.19. The lowest BCUT2D eigenvalue weighted by atomic mass is 10.00. The Hall–Kier alpha value is -0.680. The van der Waals surface area contributed by atoms with Crippen LogP contribution >= 0.6 is 15.9 Å². The zero-order valence-electron chi connectivity index (χ0n) is 9.65. The van der Waals surface area contributed by atoms with Crippen LogP contribution in [0.2, 0.25) is 0 Å². The first kappa shape index (κ1) is 11.8. The van der Waals surface area contributed by atoms with Crippen molar-refractivity contribution < 1.29 is 0 Å². The van der Waals surface area contributed by atoms with E-state index >= 15 is 0 Å². The molecule has 1 aromatic rings. The van der Waals surface area contributed by atoms with E-state index in [1.54, 1.807) is 12.5 Å². The molecule has 88 valence electrons. The van der Waals surface area contributed by atoms with Crippen molar-refractivity contribution in [2.24, 2.45) is 0 Å². The molecule has 1 N–H and O–H groups in total. The molecule has 1 fully saturated rings. The van der Waals surface area contributed by atoms with Crippen LogP contribution in [0.25, 0.3) is 0 Å². The molecule has 2 heterocycles. The molecule has 0 aromatic carbocycles. The fourth-order valence-electron chi connectivity index (χ4n) is 2.16. The van der Waals surface area contributed by atoms with Crippen LogP contribution in [-0.2, 0) is 0 Å². The molecule has 2 atom stereocenters. The van der Waals surface area contributed by atoms with Gasteiger partial charge in [-0.15, -0.1) is 0 Å². The van der Waals surface area contributed by atoms with Crippen molar-refractivity contribution in [1.29, 1.82) is 0 Å². The molecule has 0 aliphatic carbocycles. The van der Waals surface area contributed by atoms with Crippen LogP contribution < -0.4 is 5.43 Å². The minimum Gasteiger partial charge on any atom is -0.302 e. The normalized spacial score (nSPS) is 26.7. The summed E-state index contributed by atoms with van der Waals surface area (Å²) in [5, 5.41) is 2.29. The van der Waals surface area contributed by atoms with Crippen molar-refractivity contribution in [3.05, 3.63) is 17.0 Å². The number of nitrogens with zero attached hydrogens (tertiary/aromatic N) is 3. The summed E-state index contributed by atoms with van der Waals surface area (Å²) in [6.07, 6.45) is 7.10. The van der Waals surface area contributed by atoms with E-state index in [1.807, 2.05) is 0 Å². The summed E-state index contributed by atoms with van der Waals surface area (Å²) >= 11 is 3.45. The van der Waals surface area contributed by atoms with Gasteiger partial charge in [0.2, 0.25) is 0 Å². The van der Waals surface area contributed by atoms with Gasteiger partial charge in [0.05, 0.1) is 4.47 Å². The molecular weight excluding hydrogens is 268 g/mol. The van der Waals surface area contributed by atoms with Gasteiger partial charge < -0.3 is 5.43 Å². The first-order valence-electron chi connectivity index (χ1n) is 5.69. The van der Waals surface area contributed by atoms with Crippen molar-refractivity contribution in [2.75, 3.05) is 5.43 Å². The van der Waals surface area contributed by atoms with Crippen molar-refractivity contribution >= 4 is 21.7 Å². The minimum absolute atomic E-state index is 0.547. The van der Waals surface area contributed by atoms with Gasteiger partial charge in [0.25, 0.3) is 0 Å². The number of piperidine rings is 1. The second-order valence-corrected chi connectivity index (χ2v) is 5.22. The maximum Gasteiger partial charge on any atom is 0.158 e. The van der Waals surface area contributed by atoms with Gasteiger partial charge in [-0.25, -0.2) is 15.0 Å². The van der Waals surface area contributed by atoms with Gasteiger partial charge in [-0.05, 0) is 42.6 Å². The van der Waals surface area contributed by atoms with Crippen molar-refractivity contribution in [3.63, 3.8) is 0 Å². The number of halogens is 1. The third-order valence-corrected chi connectivity index (χ3v) is 3.68. The molecule has 16 heavy (non-hydrogen) atoms. The molecule has 0 radical (unpaired) electrons. The van der Waals surface area contributed by atoms with E-state index in [1.165, 1.54) is 19.3 Å². The average Bonchev–Trinajstić information content (AvgIpc) is 2.26. The molecule has 0 bridgehead atoms. The Balaban J connectivity index is 2.11. The highest BCUT2D eigenvalue weighted by molar-refractivity contribution is 9.10. The van der Waals surface area contributed by atoms with E-state index in [2.05, 4.69) is 50.2 Å². The SMILES string of the molecule is CC1CCCC(C)N1Nc1ncncc1Br. The van der Waals surface area contributed by atoms with Gasteiger partial charge in [-0.1, -0.05) is 6.42 Å². The molecule has 5 heteroatoms. The highest BCUT2D eigenvalue weighted by Crippen LogP contribution is 2.25. The second-order valence-electron chi connectivity index (χ2n) is 4.37. The van der Waals surface area contributed by atoms with Gasteiger partial charge in [-0.2, -0.15) is 0 Å². The summed E-state index contributed by atoms with van der Waals surface area (Å²) in [5.74, 6) is 0.843. The smallest absolute Gasteiger partial charge is 0.158 e. The number of hydrogen-bond donors (Lipinski definition) is 1. The van der Waals surface area contributed by atoms with Crippen LogP contribution in [0.15, 0.2) is 17.0 Å². The lowest BCUT2D eigenvalue weighted by Gasteiger charge is -2.39. The van der Waals surface area contributed by atoms with Gasteiger partial charge >= 0.3 is 0 Å². The molecule has 1 saturated heterocycles. The third kappa shape index (κ3) is 2.52. The summed E-state index contributed by atoms with van der Waals surface area (Å²) in [6, 6.07) is 1.09. The Morgan fingerprint density at radius 2 is 2.06 bits per heavy atom. The van der Waals surface area contributed by atoms with Gasteiger partial charge in [-0.3, -0.25) is 0 Å². The van der Waals surface area contributed by atoms with Gasteiger partial charge in [0.15, 0.2) is 5.82 Å². The predicted octanol–water partition coefficient (Wildman–Crippen LogP) is 2.83. The largest absolute Gasteiger partial charge is 0.302 e. The van der Waals surface area contributed by atoms with E-state index in [4.69, 9.17) is 0 Å². The maximum absolute atomic E-state index is 4.23. The van der Waals surface area contributed by atoms with Crippen LogP contribution in [0.5, 0.6) is 0 Å². The van der Waals surface area contributed by atoms with Gasteiger partial charge in [0.1, 0.15) is 6.33 Å². The van der Waals surface area contributed by atoms with Crippen LogP contribution in [0.1, 0.15) is 33.1 Å². The topological polar surface area (TPSA) is 41.0 Å². The number of rotatable bonds is 2. The molecule has 2 rings (SSSR count). The first-order valence-corrected chi connectivity index (χ1v) is 6.48. The first-order chi connectivity index (χ1) is 7.68. The van der Waals surface area contributed by atoms with E-state index in [9.17, 15) is 0 Å². The summed E-state index contributed by atoms with van der Waals surface area (Å²) < 4.78 is 0.903. The molecule has 0 spiro atoms. The lowest BCUT2D eigenvalue weighted by molar-refractivity contribution is 0.135. The summed E-state index contributed by atoms with van der Waals surface area (Å²) in [6.45, 7) is 4.50. The highest BCUT2D eigenvalue weighted by atomic mass is 79.9. The Labute approximate surface area is 105 Å². The number of anilines is 1. The fourth-order valence-corrected chi connectivity index (χ4v) is 2.47. The molecule has 1 aliphatic rings. The molecule has 1 aliphatic heterocycles. The quantitative estimate of drug-likeness (QED) is 0.907. The van der Waals surface area contributed by atoms with E-state index < -0.39 is 0 Å². The van der Waals surface area contributed by atoms with Crippen LogP contribution in [0.4, 0.5) is 5.82 Å². The molecule has 0 saturated carbocycles. The molecular formula is C11H17BrN4. The summed E-state index contributed by atoms with van der Waals surface area (Å²) in [5.41, 5.74) is 3.38. The van der Waals surface area contributed by atoms with Crippen LogP contribution in [-0.4, -0.2) is 27.1 Å². The zero-order valence-corrected chi connectivity index (χ0v) is 11.2. The highest BCUT2D eigenvalue weighted by Gasteiger charge is 2.25. The maximum atomic E-state index is 4.23. The summed E-state index contributed by atoms with van der Waals surface area (Å²) in [7, 11) is 0. The number of nitrogens with one attached hydrogen (secondary N) is 1. The second kappa shape index (κ2) is 5.10. The Kier molecular flexibility index (Phi) is 3.76. The van der Waals surface area contributed by atoms with Crippen molar-refractivity contribution in [2.45, 2.75) is 45.2 Å². The standard InChI is InChI=1S/C11H17BrN4/c1-8-4-3-5-9(2)16(8)15-11-10(12)6-13-7-14-11/h6-9H,3-5H2,1-2H3,(H,13,14,15). The minimum atomic E-state index is 0.547. The number of hydrogen-bond acceptors (Lipinski definition) is 4. The molecule has 4 nitrogen and oxygen atoms in total. The average molecular weight is 285 g/mol. The Morgan fingerprint density at radius 1 is 1.38 bits per heavy atom. The predicted molar refractivity (Wildman–Crippen MR) is 68.0 cm³/mol. The van der Waals surface area contributed by atoms with Crippen molar-refractivity contribution in [3.8, 4) is 0 Å².